The lowest BCUT2D eigenvalue weighted by Gasteiger charge is -2.28. The van der Waals surface area contributed by atoms with Crippen molar-refractivity contribution in [2.45, 2.75) is 63.9 Å². The van der Waals surface area contributed by atoms with Gasteiger partial charge >= 0.3 is 11.9 Å². The Bertz CT molecular complexity index is 925. The molecular formula is C24H33O6P. The summed E-state index contributed by atoms with van der Waals surface area (Å²) in [5.74, 6) is -3.40. The Hall–Kier alpha value is -2.17. The van der Waals surface area contributed by atoms with Gasteiger partial charge in [-0.05, 0) is 42.0 Å². The molecule has 2 aromatic carbocycles. The van der Waals surface area contributed by atoms with Crippen molar-refractivity contribution in [1.82, 2.24) is 0 Å². The van der Waals surface area contributed by atoms with Gasteiger partial charge in [0, 0.05) is 18.2 Å². The molecule has 0 saturated carbocycles. The van der Waals surface area contributed by atoms with E-state index in [0.29, 0.717) is 25.7 Å². The molecule has 3 unspecified atom stereocenters. The second-order valence-electron chi connectivity index (χ2n) is 8.20. The molecule has 0 saturated heterocycles. The van der Waals surface area contributed by atoms with Crippen molar-refractivity contribution in [3.63, 3.8) is 0 Å². The highest BCUT2D eigenvalue weighted by molar-refractivity contribution is 7.58. The zero-order chi connectivity index (χ0) is 22.9. The standard InChI is InChI=1S/C24H33O6P/c1-2-3-4-11-22(21(24(27)28)14-15-23(25)26)31(29,30)16-7-8-18-12-13-19-9-5-6-10-20(19)17-18/h5-6,9-10,12-13,17,21-22H,2-4,7-8,11,14-16H2,1H3,(H,25,26)(H,27,28)(H,29,30). The highest BCUT2D eigenvalue weighted by atomic mass is 31.2. The topological polar surface area (TPSA) is 112 Å². The monoisotopic (exact) mass is 448 g/mol. The molecule has 0 bridgehead atoms. The second kappa shape index (κ2) is 12.0. The normalized spacial score (nSPS) is 15.3. The van der Waals surface area contributed by atoms with Crippen LogP contribution in [0.1, 0.15) is 57.4 Å². The van der Waals surface area contributed by atoms with Crippen LogP contribution in [0.3, 0.4) is 0 Å². The maximum absolute atomic E-state index is 13.2. The predicted molar refractivity (Wildman–Crippen MR) is 123 cm³/mol. The van der Waals surface area contributed by atoms with Gasteiger partial charge in [-0.2, -0.15) is 0 Å². The minimum Gasteiger partial charge on any atom is -0.481 e. The van der Waals surface area contributed by atoms with E-state index >= 15 is 0 Å². The number of benzene rings is 2. The summed E-state index contributed by atoms with van der Waals surface area (Å²) in [4.78, 5) is 33.6. The van der Waals surface area contributed by atoms with E-state index in [2.05, 4.69) is 6.07 Å². The lowest BCUT2D eigenvalue weighted by molar-refractivity contribution is -0.143. The third kappa shape index (κ3) is 7.79. The largest absolute Gasteiger partial charge is 0.481 e. The average Bonchev–Trinajstić information content (AvgIpc) is 2.72. The Morgan fingerprint density at radius 3 is 2.32 bits per heavy atom. The Kier molecular flexibility index (Phi) is 9.73. The zero-order valence-electron chi connectivity index (χ0n) is 18.1. The van der Waals surface area contributed by atoms with Crippen molar-refractivity contribution in [1.29, 1.82) is 0 Å². The van der Waals surface area contributed by atoms with Crippen LogP contribution in [0.25, 0.3) is 10.8 Å². The van der Waals surface area contributed by atoms with Crippen molar-refractivity contribution in [3.05, 3.63) is 48.0 Å². The maximum atomic E-state index is 13.2. The van der Waals surface area contributed by atoms with Gasteiger partial charge < -0.3 is 15.1 Å². The first-order valence-corrected chi connectivity index (χ1v) is 12.9. The van der Waals surface area contributed by atoms with Gasteiger partial charge in [-0.3, -0.25) is 14.2 Å². The van der Waals surface area contributed by atoms with E-state index < -0.39 is 30.9 Å². The summed E-state index contributed by atoms with van der Waals surface area (Å²) in [5, 5.41) is 20.9. The number of hydrogen-bond acceptors (Lipinski definition) is 3. The molecule has 0 aliphatic carbocycles. The van der Waals surface area contributed by atoms with Gasteiger partial charge in [0.1, 0.15) is 0 Å². The Morgan fingerprint density at radius 2 is 1.68 bits per heavy atom. The Balaban J connectivity index is 2.09. The van der Waals surface area contributed by atoms with Crippen LogP contribution in [-0.4, -0.2) is 38.9 Å². The number of carboxylic acid groups (broad SMARTS) is 2. The van der Waals surface area contributed by atoms with Gasteiger partial charge in [-0.15, -0.1) is 0 Å². The molecule has 0 spiro atoms. The fraction of sp³-hybridized carbons (Fsp3) is 0.500. The maximum Gasteiger partial charge on any atom is 0.307 e. The first-order valence-electron chi connectivity index (χ1n) is 11.0. The van der Waals surface area contributed by atoms with Gasteiger partial charge in [-0.25, -0.2) is 0 Å². The molecular weight excluding hydrogens is 415 g/mol. The van der Waals surface area contributed by atoms with Crippen LogP contribution in [0.5, 0.6) is 0 Å². The summed E-state index contributed by atoms with van der Waals surface area (Å²) >= 11 is 0. The minimum atomic E-state index is -3.77. The fourth-order valence-electron chi connectivity index (χ4n) is 4.12. The summed E-state index contributed by atoms with van der Waals surface area (Å²) in [6.45, 7) is 2.01. The van der Waals surface area contributed by atoms with Gasteiger partial charge in [0.15, 0.2) is 0 Å². The summed E-state index contributed by atoms with van der Waals surface area (Å²) < 4.78 is 13.2. The van der Waals surface area contributed by atoms with E-state index in [-0.39, 0.29) is 19.0 Å². The number of carboxylic acids is 2. The molecule has 7 heteroatoms. The first kappa shape index (κ1) is 25.1. The van der Waals surface area contributed by atoms with Crippen molar-refractivity contribution >= 4 is 30.1 Å². The zero-order valence-corrected chi connectivity index (χ0v) is 19.0. The Morgan fingerprint density at radius 1 is 0.968 bits per heavy atom. The third-order valence-corrected chi connectivity index (χ3v) is 8.44. The lowest BCUT2D eigenvalue weighted by Crippen LogP contribution is -2.30. The SMILES string of the molecule is CCCCCC(C(CCC(=O)O)C(=O)O)P(=O)(O)CCCc1ccc2ccccc2c1. The van der Waals surface area contributed by atoms with E-state index in [4.69, 9.17) is 5.11 Å². The molecule has 0 heterocycles. The Labute approximate surface area is 183 Å². The molecule has 0 aliphatic rings. The number of unbranched alkanes of at least 4 members (excludes halogenated alkanes) is 2. The minimum absolute atomic E-state index is 0.0352. The number of fused-ring (bicyclic) bond motifs is 1. The number of rotatable bonds is 14. The lowest BCUT2D eigenvalue weighted by atomic mass is 9.95. The predicted octanol–water partition coefficient (Wildman–Crippen LogP) is 5.56. The molecule has 0 fully saturated rings. The smallest absolute Gasteiger partial charge is 0.307 e. The first-order chi connectivity index (χ1) is 14.7. The number of hydrogen-bond donors (Lipinski definition) is 3. The molecule has 170 valence electrons. The van der Waals surface area contributed by atoms with Crippen LogP contribution >= 0.6 is 7.37 Å². The van der Waals surface area contributed by atoms with Crippen molar-refractivity contribution in [2.75, 3.05) is 6.16 Å². The summed E-state index contributed by atoms with van der Waals surface area (Å²) in [6, 6.07) is 14.1. The summed E-state index contributed by atoms with van der Waals surface area (Å²) in [6.07, 6.45) is 3.44. The fourth-order valence-corrected chi connectivity index (χ4v) is 6.48. The molecule has 6 nitrogen and oxygen atoms in total. The highest BCUT2D eigenvalue weighted by Crippen LogP contribution is 2.53. The average molecular weight is 448 g/mol. The van der Waals surface area contributed by atoms with Crippen molar-refractivity contribution < 1.29 is 29.3 Å². The third-order valence-electron chi connectivity index (χ3n) is 5.83. The molecule has 3 N–H and O–H groups in total. The molecule has 2 rings (SSSR count). The van der Waals surface area contributed by atoms with Crippen LogP contribution in [0.4, 0.5) is 0 Å². The van der Waals surface area contributed by atoms with Crippen LogP contribution < -0.4 is 0 Å². The number of aliphatic carboxylic acids is 2. The van der Waals surface area contributed by atoms with Crippen LogP contribution in [0.2, 0.25) is 0 Å². The molecule has 0 aromatic heterocycles. The highest BCUT2D eigenvalue weighted by Gasteiger charge is 2.40. The van der Waals surface area contributed by atoms with E-state index in [1.165, 1.54) is 0 Å². The van der Waals surface area contributed by atoms with Crippen LogP contribution in [-0.2, 0) is 20.6 Å². The van der Waals surface area contributed by atoms with E-state index in [9.17, 15) is 24.2 Å². The van der Waals surface area contributed by atoms with Crippen LogP contribution in [0, 0.1) is 5.92 Å². The van der Waals surface area contributed by atoms with Crippen molar-refractivity contribution in [2.24, 2.45) is 5.92 Å². The summed E-state index contributed by atoms with van der Waals surface area (Å²) in [7, 11) is -3.77. The molecule has 0 amide bonds. The van der Waals surface area contributed by atoms with Gasteiger partial charge in [0.2, 0.25) is 7.37 Å². The van der Waals surface area contributed by atoms with Gasteiger partial charge in [0.25, 0.3) is 0 Å². The number of aryl methyl sites for hydroxylation is 1. The van der Waals surface area contributed by atoms with E-state index in [1.807, 2.05) is 43.3 Å². The van der Waals surface area contributed by atoms with E-state index in [1.54, 1.807) is 0 Å². The van der Waals surface area contributed by atoms with Gasteiger partial charge in [0.05, 0.1) is 5.92 Å². The number of carbonyl (C=O) groups is 2. The molecule has 31 heavy (non-hydrogen) atoms. The molecule has 3 atom stereocenters. The molecule has 0 radical (unpaired) electrons. The van der Waals surface area contributed by atoms with Crippen LogP contribution in [0.15, 0.2) is 42.5 Å². The second-order valence-corrected chi connectivity index (χ2v) is 10.8. The van der Waals surface area contributed by atoms with Gasteiger partial charge in [-0.1, -0.05) is 68.7 Å². The van der Waals surface area contributed by atoms with E-state index in [0.717, 1.165) is 29.2 Å². The quantitative estimate of drug-likeness (QED) is 0.258. The summed E-state index contributed by atoms with van der Waals surface area (Å²) in [5.41, 5.74) is 0.161. The molecule has 0 aliphatic heterocycles. The van der Waals surface area contributed by atoms with Crippen molar-refractivity contribution in [3.8, 4) is 0 Å². The molecule has 2 aromatic rings.